The quantitative estimate of drug-likeness (QED) is 0.188. The van der Waals surface area contributed by atoms with Gasteiger partial charge in [0, 0.05) is 36.2 Å². The van der Waals surface area contributed by atoms with Crippen molar-refractivity contribution in [2.24, 2.45) is 22.7 Å². The van der Waals surface area contributed by atoms with Gasteiger partial charge in [-0.15, -0.1) is 0 Å². The monoisotopic (exact) mass is 604 g/mol. The molecule has 0 aromatic carbocycles. The summed E-state index contributed by atoms with van der Waals surface area (Å²) in [5.74, 6) is -1.85. The third-order valence-corrected chi connectivity index (χ3v) is 8.74. The minimum atomic E-state index is -0.981. The topological polar surface area (TPSA) is 196 Å². The van der Waals surface area contributed by atoms with Crippen LogP contribution in [-0.2, 0) is 9.59 Å². The SMILES string of the molecule is C=CC(=O)O.C=CC(=O)O.OCC1CCCCCCCCC1(CO)CO.OCC1CCCCCCCCC1(CO)CO. The first-order valence-electron chi connectivity index (χ1n) is 15.5. The highest BCUT2D eigenvalue weighted by molar-refractivity contribution is 5.79. The lowest BCUT2D eigenvalue weighted by Gasteiger charge is -2.38. The van der Waals surface area contributed by atoms with E-state index in [0.717, 1.165) is 63.5 Å². The lowest BCUT2D eigenvalue weighted by Crippen LogP contribution is -2.40. The first-order valence-corrected chi connectivity index (χ1v) is 15.5. The molecule has 42 heavy (non-hydrogen) atoms. The van der Waals surface area contributed by atoms with Gasteiger partial charge in [0.25, 0.3) is 0 Å². The van der Waals surface area contributed by atoms with Crippen LogP contribution in [0.2, 0.25) is 0 Å². The molecule has 2 unspecified atom stereocenters. The van der Waals surface area contributed by atoms with E-state index in [1.54, 1.807) is 0 Å². The fourth-order valence-corrected chi connectivity index (χ4v) is 5.67. The third-order valence-electron chi connectivity index (χ3n) is 8.74. The molecule has 0 radical (unpaired) electrons. The number of aliphatic hydroxyl groups excluding tert-OH is 6. The van der Waals surface area contributed by atoms with E-state index in [1.807, 2.05) is 0 Å². The molecule has 0 saturated heterocycles. The van der Waals surface area contributed by atoms with Crippen LogP contribution >= 0.6 is 0 Å². The minimum Gasteiger partial charge on any atom is -0.478 e. The summed E-state index contributed by atoms with van der Waals surface area (Å²) in [4.78, 5) is 18.5. The number of rotatable bonds is 8. The van der Waals surface area contributed by atoms with Crippen molar-refractivity contribution < 1.29 is 50.4 Å². The molecule has 2 rings (SSSR count). The summed E-state index contributed by atoms with van der Waals surface area (Å²) in [7, 11) is 0. The molecular formula is C32H60O10. The van der Waals surface area contributed by atoms with Crippen molar-refractivity contribution in [3.05, 3.63) is 25.3 Å². The molecule has 248 valence electrons. The largest absolute Gasteiger partial charge is 0.478 e. The van der Waals surface area contributed by atoms with Gasteiger partial charge in [0.05, 0.1) is 26.4 Å². The Labute approximate surface area is 252 Å². The Kier molecular flexibility index (Phi) is 27.0. The summed E-state index contributed by atoms with van der Waals surface area (Å²) in [6, 6.07) is 0. The second-order valence-corrected chi connectivity index (χ2v) is 11.5. The number of carboxylic acid groups (broad SMARTS) is 2. The highest BCUT2D eigenvalue weighted by Gasteiger charge is 2.37. The average molecular weight is 605 g/mol. The van der Waals surface area contributed by atoms with Crippen molar-refractivity contribution in [3.63, 3.8) is 0 Å². The second-order valence-electron chi connectivity index (χ2n) is 11.5. The van der Waals surface area contributed by atoms with E-state index >= 15 is 0 Å². The van der Waals surface area contributed by atoms with Crippen molar-refractivity contribution in [3.8, 4) is 0 Å². The minimum absolute atomic E-state index is 0.00523. The summed E-state index contributed by atoms with van der Waals surface area (Å²) >= 11 is 0. The van der Waals surface area contributed by atoms with Gasteiger partial charge in [-0.2, -0.15) is 0 Å². The fourth-order valence-electron chi connectivity index (χ4n) is 5.67. The summed E-state index contributed by atoms with van der Waals surface area (Å²) in [5.41, 5.74) is -0.905. The molecule has 0 amide bonds. The maximum absolute atomic E-state index is 9.55. The molecule has 0 aliphatic heterocycles. The maximum atomic E-state index is 9.55. The molecule has 0 spiro atoms. The molecule has 0 bridgehead atoms. The molecule has 0 aromatic heterocycles. The van der Waals surface area contributed by atoms with Crippen molar-refractivity contribution in [1.82, 2.24) is 0 Å². The molecule has 2 atom stereocenters. The summed E-state index contributed by atoms with van der Waals surface area (Å²) in [5, 5.41) is 72.3. The number of carboxylic acids is 2. The second kappa shape index (κ2) is 26.8. The number of carbonyl (C=O) groups is 2. The summed E-state index contributed by atoms with van der Waals surface area (Å²) in [6.45, 7) is 6.07. The predicted molar refractivity (Wildman–Crippen MR) is 164 cm³/mol. The Morgan fingerprint density at radius 2 is 0.762 bits per heavy atom. The molecule has 10 heteroatoms. The predicted octanol–water partition coefficient (Wildman–Crippen LogP) is 3.91. The smallest absolute Gasteiger partial charge is 0.327 e. The van der Waals surface area contributed by atoms with Crippen LogP contribution in [0, 0.1) is 22.7 Å². The van der Waals surface area contributed by atoms with Crippen LogP contribution in [0.1, 0.15) is 103 Å². The standard InChI is InChI=1S/2C13H26O3.2C3H4O2/c2*14-9-12-7-5-3-1-2-4-6-8-13(12,10-15)11-16;2*1-2-3(4)5/h2*12,14-16H,1-11H2;2*2H,1H2,(H,4,5). The van der Waals surface area contributed by atoms with Crippen molar-refractivity contribution in [2.75, 3.05) is 39.6 Å². The zero-order valence-corrected chi connectivity index (χ0v) is 25.7. The molecule has 2 aliphatic carbocycles. The summed E-state index contributed by atoms with van der Waals surface area (Å²) in [6.07, 6.45) is 19.4. The van der Waals surface area contributed by atoms with Crippen LogP contribution in [0.5, 0.6) is 0 Å². The first kappa shape index (κ1) is 42.3. The van der Waals surface area contributed by atoms with Crippen molar-refractivity contribution in [2.45, 2.75) is 103 Å². The normalized spacial score (nSPS) is 22.5. The van der Waals surface area contributed by atoms with Crippen molar-refractivity contribution >= 4 is 11.9 Å². The van der Waals surface area contributed by atoms with Gasteiger partial charge in [-0.05, 0) is 37.5 Å². The van der Waals surface area contributed by atoms with Crippen molar-refractivity contribution in [1.29, 1.82) is 0 Å². The van der Waals surface area contributed by atoms with Crippen LogP contribution in [0.3, 0.4) is 0 Å². The highest BCUT2D eigenvalue weighted by Crippen LogP contribution is 2.38. The van der Waals surface area contributed by atoms with E-state index < -0.39 is 22.8 Å². The Balaban J connectivity index is 0. The summed E-state index contributed by atoms with van der Waals surface area (Å²) < 4.78 is 0. The number of aliphatic hydroxyl groups is 6. The van der Waals surface area contributed by atoms with Gasteiger partial charge < -0.3 is 40.9 Å². The van der Waals surface area contributed by atoms with Gasteiger partial charge in [-0.25, -0.2) is 9.59 Å². The van der Waals surface area contributed by atoms with E-state index in [9.17, 15) is 40.2 Å². The molecule has 10 nitrogen and oxygen atoms in total. The van der Waals surface area contributed by atoms with Crippen LogP contribution in [0.25, 0.3) is 0 Å². The van der Waals surface area contributed by atoms with E-state index in [4.69, 9.17) is 10.2 Å². The van der Waals surface area contributed by atoms with E-state index in [2.05, 4.69) is 13.2 Å². The van der Waals surface area contributed by atoms with E-state index in [-0.39, 0.29) is 51.5 Å². The maximum Gasteiger partial charge on any atom is 0.327 e. The van der Waals surface area contributed by atoms with Crippen LogP contribution in [0.4, 0.5) is 0 Å². The Hall–Kier alpha value is -1.82. The molecule has 0 heterocycles. The average Bonchev–Trinajstić information content (AvgIpc) is 3.02. The van der Waals surface area contributed by atoms with Crippen LogP contribution in [0.15, 0.2) is 25.3 Å². The van der Waals surface area contributed by atoms with Crippen LogP contribution in [-0.4, -0.2) is 92.4 Å². The first-order chi connectivity index (χ1) is 20.1. The molecule has 8 N–H and O–H groups in total. The van der Waals surface area contributed by atoms with Gasteiger partial charge in [0.1, 0.15) is 0 Å². The molecular weight excluding hydrogens is 544 g/mol. The molecule has 0 aromatic rings. The molecule has 2 aliphatic rings. The van der Waals surface area contributed by atoms with Gasteiger partial charge >= 0.3 is 11.9 Å². The number of aliphatic carboxylic acids is 2. The van der Waals surface area contributed by atoms with Crippen LogP contribution < -0.4 is 0 Å². The molecule has 2 saturated carbocycles. The Bertz CT molecular complexity index is 631. The van der Waals surface area contributed by atoms with Gasteiger partial charge in [0.2, 0.25) is 0 Å². The van der Waals surface area contributed by atoms with Gasteiger partial charge in [-0.3, -0.25) is 0 Å². The lowest BCUT2D eigenvalue weighted by molar-refractivity contribution is -0.132. The zero-order chi connectivity index (χ0) is 32.3. The highest BCUT2D eigenvalue weighted by atomic mass is 16.4. The number of hydrogen-bond acceptors (Lipinski definition) is 8. The zero-order valence-electron chi connectivity index (χ0n) is 25.7. The lowest BCUT2D eigenvalue weighted by atomic mass is 9.70. The fraction of sp³-hybridized carbons (Fsp3) is 0.812. The Morgan fingerprint density at radius 1 is 0.524 bits per heavy atom. The van der Waals surface area contributed by atoms with Gasteiger partial charge in [-0.1, -0.05) is 90.2 Å². The van der Waals surface area contributed by atoms with Gasteiger partial charge in [0.15, 0.2) is 0 Å². The van der Waals surface area contributed by atoms with E-state index in [0.29, 0.717) is 0 Å². The van der Waals surface area contributed by atoms with E-state index in [1.165, 1.54) is 51.4 Å². The number of hydrogen-bond donors (Lipinski definition) is 8. The Morgan fingerprint density at radius 3 is 0.976 bits per heavy atom. The molecule has 2 fully saturated rings. The third kappa shape index (κ3) is 18.0.